The third-order valence-electron chi connectivity index (χ3n) is 12.8. The van der Waals surface area contributed by atoms with Crippen LogP contribution < -0.4 is 5.01 Å². The van der Waals surface area contributed by atoms with Crippen molar-refractivity contribution in [3.63, 3.8) is 0 Å². The lowest BCUT2D eigenvalue weighted by Crippen LogP contribution is -2.25. The molecule has 0 N–H and O–H groups in total. The predicted molar refractivity (Wildman–Crippen MR) is 268 cm³/mol. The van der Waals surface area contributed by atoms with Crippen LogP contribution in [0.3, 0.4) is 0 Å². The standard InChI is InChI=1S/C58H79N3O/c1-12-13-14-15-16-17-18-19-20-21-22-44-26-38-53-51(39-44)59-54(62-53)46-29-36-50(37-30-46)61-52(45-27-33-48(34-28-45)58(10,11)42-56(5,6)7)40-49(60-61)35-25-43-23-31-47(32-24-43)57(8,9)41-55(2,3)4/h23-39,52H,12-22,40-42H2,1-11H3. The van der Waals surface area contributed by atoms with E-state index in [1.807, 2.05) is 0 Å². The summed E-state index contributed by atoms with van der Waals surface area (Å²) in [6, 6.07) is 33.7. The summed E-state index contributed by atoms with van der Waals surface area (Å²) >= 11 is 0. The van der Waals surface area contributed by atoms with Gasteiger partial charge in [-0.3, -0.25) is 5.01 Å². The number of aryl methyl sites for hydroxylation is 1. The van der Waals surface area contributed by atoms with Gasteiger partial charge in [0.1, 0.15) is 5.52 Å². The molecule has 4 nitrogen and oxygen atoms in total. The number of anilines is 1. The van der Waals surface area contributed by atoms with Crippen molar-refractivity contribution in [3.05, 3.63) is 125 Å². The van der Waals surface area contributed by atoms with Crippen molar-refractivity contribution >= 4 is 28.6 Å². The molecule has 1 aromatic heterocycles. The zero-order valence-electron chi connectivity index (χ0n) is 40.5. The molecule has 62 heavy (non-hydrogen) atoms. The number of benzene rings is 4. The quantitative estimate of drug-likeness (QED) is 0.0734. The predicted octanol–water partition coefficient (Wildman–Crippen LogP) is 17.4. The Morgan fingerprint density at radius 2 is 1.16 bits per heavy atom. The lowest BCUT2D eigenvalue weighted by atomic mass is 9.72. The molecule has 2 heterocycles. The Hall–Kier alpha value is -4.44. The van der Waals surface area contributed by atoms with Gasteiger partial charge in [0.25, 0.3) is 0 Å². The molecule has 0 radical (unpaired) electrons. The Labute approximate surface area is 376 Å². The van der Waals surface area contributed by atoms with Crippen molar-refractivity contribution in [3.8, 4) is 11.5 Å². The van der Waals surface area contributed by atoms with E-state index < -0.39 is 0 Å². The number of aromatic nitrogens is 1. The Balaban J connectivity index is 1.16. The van der Waals surface area contributed by atoms with E-state index in [1.165, 1.54) is 92.0 Å². The van der Waals surface area contributed by atoms with Crippen LogP contribution in [0.15, 0.2) is 107 Å². The van der Waals surface area contributed by atoms with Gasteiger partial charge in [-0.1, -0.05) is 195 Å². The molecule has 0 fully saturated rings. The van der Waals surface area contributed by atoms with Crippen LogP contribution in [-0.4, -0.2) is 10.7 Å². The van der Waals surface area contributed by atoms with E-state index in [9.17, 15) is 0 Å². The molecule has 1 aliphatic rings. The van der Waals surface area contributed by atoms with Crippen molar-refractivity contribution in [1.29, 1.82) is 0 Å². The molecule has 0 spiro atoms. The first-order valence-electron chi connectivity index (χ1n) is 24.1. The fourth-order valence-electron chi connectivity index (χ4n) is 10.2. The number of oxazole rings is 1. The highest BCUT2D eigenvalue weighted by Crippen LogP contribution is 2.41. The van der Waals surface area contributed by atoms with E-state index in [2.05, 4.69) is 184 Å². The van der Waals surface area contributed by atoms with Gasteiger partial charge < -0.3 is 4.42 Å². The van der Waals surface area contributed by atoms with Gasteiger partial charge in [0, 0.05) is 12.0 Å². The number of fused-ring (bicyclic) bond motifs is 1. The molecular weight excluding hydrogens is 755 g/mol. The number of nitrogens with zero attached hydrogens (tertiary/aromatic N) is 3. The molecule has 5 aromatic rings. The zero-order chi connectivity index (χ0) is 44.5. The highest BCUT2D eigenvalue weighted by Gasteiger charge is 2.31. The Bertz CT molecular complexity index is 2220. The molecule has 332 valence electrons. The number of hydrogen-bond donors (Lipinski definition) is 0. The molecule has 0 amide bonds. The lowest BCUT2D eigenvalue weighted by molar-refractivity contribution is 0.283. The number of unbranched alkanes of at least 4 members (excludes halogenated alkanes) is 9. The smallest absolute Gasteiger partial charge is 0.227 e. The Kier molecular flexibility index (Phi) is 15.5. The number of allylic oxidation sites excluding steroid dienone is 1. The summed E-state index contributed by atoms with van der Waals surface area (Å²) in [6.45, 7) is 25.7. The van der Waals surface area contributed by atoms with Crippen molar-refractivity contribution in [1.82, 2.24) is 4.98 Å². The molecule has 6 rings (SSSR count). The van der Waals surface area contributed by atoms with Crippen LogP contribution in [-0.2, 0) is 17.3 Å². The van der Waals surface area contributed by atoms with Crippen LogP contribution in [0.1, 0.15) is 193 Å². The largest absolute Gasteiger partial charge is 0.436 e. The Morgan fingerprint density at radius 3 is 1.73 bits per heavy atom. The summed E-state index contributed by atoms with van der Waals surface area (Å²) in [5.74, 6) is 0.661. The van der Waals surface area contributed by atoms with Gasteiger partial charge in [-0.05, 0) is 118 Å². The van der Waals surface area contributed by atoms with Crippen LogP contribution in [0.2, 0.25) is 0 Å². The van der Waals surface area contributed by atoms with Crippen LogP contribution in [0.5, 0.6) is 0 Å². The highest BCUT2D eigenvalue weighted by molar-refractivity contribution is 6.01. The second-order valence-corrected chi connectivity index (χ2v) is 22.3. The Morgan fingerprint density at radius 1 is 0.613 bits per heavy atom. The maximum atomic E-state index is 6.32. The minimum absolute atomic E-state index is 0.0825. The van der Waals surface area contributed by atoms with Gasteiger partial charge in [-0.15, -0.1) is 0 Å². The topological polar surface area (TPSA) is 41.6 Å². The molecule has 0 saturated heterocycles. The van der Waals surface area contributed by atoms with Crippen LogP contribution in [0, 0.1) is 10.8 Å². The molecule has 0 saturated carbocycles. The van der Waals surface area contributed by atoms with Crippen molar-refractivity contribution in [2.45, 2.75) is 183 Å². The summed E-state index contributed by atoms with van der Waals surface area (Å²) in [5.41, 5.74) is 12.2. The van der Waals surface area contributed by atoms with E-state index in [0.717, 1.165) is 53.7 Å². The number of rotatable bonds is 20. The summed E-state index contributed by atoms with van der Waals surface area (Å²) in [6.07, 6.45) is 22.2. The number of hydrazone groups is 1. The monoisotopic (exact) mass is 834 g/mol. The van der Waals surface area contributed by atoms with Crippen molar-refractivity contribution in [2.24, 2.45) is 15.9 Å². The van der Waals surface area contributed by atoms with E-state index >= 15 is 0 Å². The molecule has 0 aliphatic carbocycles. The van der Waals surface area contributed by atoms with Crippen LogP contribution in [0.4, 0.5) is 5.69 Å². The van der Waals surface area contributed by atoms with Gasteiger partial charge in [0.05, 0.1) is 17.4 Å². The SMILES string of the molecule is CCCCCCCCCCCCc1ccc2oc(-c3ccc(N4N=C(C=Cc5ccc(C(C)(C)CC(C)(C)C)cc5)CC4c4ccc(C(C)(C)CC(C)(C)C)cc4)cc3)nc2c1. The first-order chi connectivity index (χ1) is 29.4. The van der Waals surface area contributed by atoms with E-state index in [4.69, 9.17) is 14.5 Å². The minimum atomic E-state index is 0.0825. The molecule has 1 unspecified atom stereocenters. The molecular formula is C58H79N3O. The molecule has 0 bridgehead atoms. The maximum absolute atomic E-state index is 6.32. The summed E-state index contributed by atoms with van der Waals surface area (Å²) in [5, 5.41) is 7.49. The normalized spacial score (nSPS) is 15.3. The molecule has 1 aliphatic heterocycles. The third kappa shape index (κ3) is 13.3. The van der Waals surface area contributed by atoms with Gasteiger partial charge in [0.15, 0.2) is 5.58 Å². The fourth-order valence-corrected chi connectivity index (χ4v) is 10.2. The van der Waals surface area contributed by atoms with Gasteiger partial charge >= 0.3 is 0 Å². The van der Waals surface area contributed by atoms with Crippen LogP contribution in [0.25, 0.3) is 28.6 Å². The highest BCUT2D eigenvalue weighted by atomic mass is 16.3. The second kappa shape index (κ2) is 20.4. The second-order valence-electron chi connectivity index (χ2n) is 22.3. The molecule has 4 heteroatoms. The van der Waals surface area contributed by atoms with Gasteiger partial charge in [-0.25, -0.2) is 4.98 Å². The average Bonchev–Trinajstić information content (AvgIpc) is 3.84. The average molecular weight is 834 g/mol. The van der Waals surface area contributed by atoms with Gasteiger partial charge in [0.2, 0.25) is 5.89 Å². The van der Waals surface area contributed by atoms with Crippen molar-refractivity contribution in [2.75, 3.05) is 5.01 Å². The van der Waals surface area contributed by atoms with Gasteiger partial charge in [-0.2, -0.15) is 5.10 Å². The van der Waals surface area contributed by atoms with E-state index in [0.29, 0.717) is 5.89 Å². The van der Waals surface area contributed by atoms with E-state index in [-0.39, 0.29) is 27.7 Å². The van der Waals surface area contributed by atoms with Crippen LogP contribution >= 0.6 is 0 Å². The summed E-state index contributed by atoms with van der Waals surface area (Å²) in [4.78, 5) is 4.97. The summed E-state index contributed by atoms with van der Waals surface area (Å²) < 4.78 is 6.32. The lowest BCUT2D eigenvalue weighted by Gasteiger charge is -2.33. The fraction of sp³-hybridized carbons (Fsp3) is 0.517. The molecule has 1 atom stereocenters. The third-order valence-corrected chi connectivity index (χ3v) is 12.8. The van der Waals surface area contributed by atoms with E-state index in [1.54, 1.807) is 0 Å². The maximum Gasteiger partial charge on any atom is 0.227 e. The molecule has 4 aromatic carbocycles. The number of hydrogen-bond acceptors (Lipinski definition) is 4. The zero-order valence-corrected chi connectivity index (χ0v) is 40.5. The first-order valence-corrected chi connectivity index (χ1v) is 24.1. The summed E-state index contributed by atoms with van der Waals surface area (Å²) in [7, 11) is 0. The van der Waals surface area contributed by atoms with Crippen molar-refractivity contribution < 1.29 is 4.42 Å². The first kappa shape index (κ1) is 47.0. The minimum Gasteiger partial charge on any atom is -0.436 e.